The zero-order chi connectivity index (χ0) is 30.0. The Hall–Kier alpha value is -3.30. The van der Waals surface area contributed by atoms with Crippen molar-refractivity contribution >= 4 is 23.4 Å². The quantitative estimate of drug-likeness (QED) is 0.624. The van der Waals surface area contributed by atoms with Crippen molar-refractivity contribution in [3.63, 3.8) is 0 Å². The Kier molecular flexibility index (Phi) is 4.36. The van der Waals surface area contributed by atoms with Crippen molar-refractivity contribution in [3.8, 4) is 0 Å². The second-order valence-electron chi connectivity index (χ2n) is 8.03. The number of hydrogen-bond donors (Lipinski definition) is 2. The number of carbonyl (C=O) groups is 3. The van der Waals surface area contributed by atoms with E-state index in [-0.39, 0.29) is 33.8 Å². The van der Waals surface area contributed by atoms with E-state index in [0.717, 1.165) is 18.7 Å². The first kappa shape index (κ1) is 15.6. The summed E-state index contributed by atoms with van der Waals surface area (Å²) in [6, 6.07) is 5.31. The maximum Gasteiger partial charge on any atom is 0.255 e. The summed E-state index contributed by atoms with van der Waals surface area (Å²) in [5, 5.41) is 4.47. The molecule has 3 aliphatic rings. The van der Waals surface area contributed by atoms with E-state index in [4.69, 9.17) is 14.3 Å². The number of ether oxygens (including phenoxy) is 1. The molecule has 3 aliphatic heterocycles. The molecule has 2 aromatic rings. The molecule has 0 aromatic heterocycles. The number of nitrogens with zero attached hydrogens (tertiary/aromatic N) is 2. The molecular weight excluding hydrogens is 439 g/mol. The molecule has 8 nitrogen and oxygen atoms in total. The summed E-state index contributed by atoms with van der Waals surface area (Å²) in [4.78, 5) is 40.5. The van der Waals surface area contributed by atoms with Gasteiger partial charge in [-0.25, -0.2) is 4.39 Å². The van der Waals surface area contributed by atoms with Crippen LogP contribution in [0.2, 0.25) is 0 Å². The Morgan fingerprint density at radius 2 is 2.03 bits per heavy atom. The van der Waals surface area contributed by atoms with Gasteiger partial charge in [0, 0.05) is 66.9 Å². The molecule has 2 fully saturated rings. The van der Waals surface area contributed by atoms with Gasteiger partial charge in [0.1, 0.15) is 11.8 Å². The van der Waals surface area contributed by atoms with Crippen molar-refractivity contribution in [2.75, 3.05) is 31.6 Å². The highest BCUT2D eigenvalue weighted by molar-refractivity contribution is 6.06. The van der Waals surface area contributed by atoms with Crippen molar-refractivity contribution in [1.29, 1.82) is 0 Å². The SMILES string of the molecule is [2H]C1([2H])c2c(NCc3ccc(CN4CCOCC4)cc3F)cccc2C(=O)N1[C@]1([2H])C(=O)NC(=O)C([2H])([2H])C1([2H])[2H]. The third-order valence-corrected chi connectivity index (χ3v) is 5.78. The van der Waals surface area contributed by atoms with E-state index in [1.807, 2.05) is 0 Å². The first-order chi connectivity index (χ1) is 19.1. The van der Waals surface area contributed by atoms with E-state index in [1.165, 1.54) is 24.3 Å². The largest absolute Gasteiger partial charge is 0.381 e. The second-order valence-corrected chi connectivity index (χ2v) is 8.03. The summed E-state index contributed by atoms with van der Waals surface area (Å²) in [6.07, 6.45) is -7.08. The number of morpholine rings is 1. The molecule has 0 aliphatic carbocycles. The molecule has 1 atom stereocenters. The predicted octanol–water partition coefficient (Wildman–Crippen LogP) is 2.03. The third-order valence-electron chi connectivity index (χ3n) is 5.78. The van der Waals surface area contributed by atoms with E-state index in [9.17, 15) is 18.8 Å². The highest BCUT2D eigenvalue weighted by atomic mass is 19.1. The van der Waals surface area contributed by atoms with Crippen LogP contribution in [0.5, 0.6) is 0 Å². The number of benzene rings is 2. The third kappa shape index (κ3) is 4.53. The van der Waals surface area contributed by atoms with Gasteiger partial charge in [0.2, 0.25) is 11.8 Å². The van der Waals surface area contributed by atoms with Crippen LogP contribution in [0.15, 0.2) is 36.4 Å². The smallest absolute Gasteiger partial charge is 0.255 e. The molecule has 3 amide bonds. The normalized spacial score (nSPS) is 30.6. The van der Waals surface area contributed by atoms with Crippen LogP contribution >= 0.6 is 0 Å². The van der Waals surface area contributed by atoms with Gasteiger partial charge >= 0.3 is 0 Å². The van der Waals surface area contributed by atoms with Crippen LogP contribution in [0.1, 0.15) is 49.4 Å². The minimum absolute atomic E-state index is 0.0243. The van der Waals surface area contributed by atoms with Crippen LogP contribution in [0, 0.1) is 5.82 Å². The number of anilines is 1. The monoisotopic (exact) mass is 473 g/mol. The number of piperidine rings is 1. The molecule has 0 saturated carbocycles. The van der Waals surface area contributed by atoms with E-state index in [1.54, 1.807) is 17.4 Å². The summed E-state index contributed by atoms with van der Waals surface area (Å²) >= 11 is 0. The highest BCUT2D eigenvalue weighted by Crippen LogP contribution is 2.32. The fourth-order valence-corrected chi connectivity index (χ4v) is 4.00. The van der Waals surface area contributed by atoms with Gasteiger partial charge in [-0.05, 0) is 30.1 Å². The number of carbonyl (C=O) groups excluding carboxylic acids is 3. The Balaban J connectivity index is 1.43. The van der Waals surface area contributed by atoms with Crippen molar-refractivity contribution in [1.82, 2.24) is 15.1 Å². The lowest BCUT2D eigenvalue weighted by Gasteiger charge is -2.29. The van der Waals surface area contributed by atoms with Crippen molar-refractivity contribution < 1.29 is 33.1 Å². The molecule has 5 rings (SSSR count). The zero-order valence-corrected chi connectivity index (χ0v) is 18.1. The van der Waals surface area contributed by atoms with E-state index in [2.05, 4.69) is 10.2 Å². The lowest BCUT2D eigenvalue weighted by Crippen LogP contribution is -2.52. The average molecular weight is 474 g/mol. The fourth-order valence-electron chi connectivity index (χ4n) is 4.00. The maximum atomic E-state index is 15.0. The lowest BCUT2D eigenvalue weighted by molar-refractivity contribution is -0.136. The number of nitrogens with one attached hydrogen (secondary N) is 2. The molecule has 3 heterocycles. The van der Waals surface area contributed by atoms with Crippen molar-refractivity contribution in [2.24, 2.45) is 0 Å². The van der Waals surface area contributed by atoms with Gasteiger partial charge in [-0.3, -0.25) is 24.6 Å². The Labute approximate surface area is 206 Å². The molecule has 9 heteroatoms. The van der Waals surface area contributed by atoms with Crippen LogP contribution in [-0.2, 0) is 33.9 Å². The molecule has 0 radical (unpaired) electrons. The first-order valence-electron chi connectivity index (χ1n) is 14.3. The summed E-state index contributed by atoms with van der Waals surface area (Å²) in [5.74, 6) is -5.06. The van der Waals surface area contributed by atoms with Gasteiger partial charge in [-0.15, -0.1) is 0 Å². The fraction of sp³-hybridized carbons (Fsp3) is 0.400. The van der Waals surface area contributed by atoms with Gasteiger partial charge in [0.05, 0.1) is 17.3 Å². The van der Waals surface area contributed by atoms with Gasteiger partial charge in [-0.1, -0.05) is 18.2 Å². The summed E-state index contributed by atoms with van der Waals surface area (Å²) in [7, 11) is 0. The van der Waals surface area contributed by atoms with E-state index >= 15 is 0 Å². The molecule has 0 spiro atoms. The number of rotatable bonds is 6. The second kappa shape index (κ2) is 9.52. The first-order valence-corrected chi connectivity index (χ1v) is 10.8. The number of imide groups is 1. The van der Waals surface area contributed by atoms with Crippen LogP contribution in [-0.4, -0.2) is 59.8 Å². The highest BCUT2D eigenvalue weighted by Gasteiger charge is 2.39. The number of amides is 3. The predicted molar refractivity (Wildman–Crippen MR) is 122 cm³/mol. The van der Waals surface area contributed by atoms with E-state index < -0.39 is 48.8 Å². The summed E-state index contributed by atoms with van der Waals surface area (Å²) < 4.78 is 78.8. The summed E-state index contributed by atoms with van der Waals surface area (Å²) in [6.45, 7) is 0.144. The van der Waals surface area contributed by atoms with Crippen LogP contribution in [0.25, 0.3) is 0 Å². The molecule has 178 valence electrons. The van der Waals surface area contributed by atoms with Crippen LogP contribution < -0.4 is 10.6 Å². The molecular formula is C25H27FN4O4. The molecule has 2 N–H and O–H groups in total. The number of hydrogen-bond acceptors (Lipinski definition) is 6. The Morgan fingerprint density at radius 1 is 1.21 bits per heavy atom. The Bertz CT molecular complexity index is 1440. The average Bonchev–Trinajstić information content (AvgIpc) is 3.12. The molecule has 2 saturated heterocycles. The molecule has 34 heavy (non-hydrogen) atoms. The molecule has 2 aromatic carbocycles. The minimum atomic E-state index is -3.63. The van der Waals surface area contributed by atoms with Crippen molar-refractivity contribution in [3.05, 3.63) is 64.5 Å². The topological polar surface area (TPSA) is 91.0 Å². The maximum absolute atomic E-state index is 15.0. The Morgan fingerprint density at radius 3 is 2.82 bits per heavy atom. The van der Waals surface area contributed by atoms with Gasteiger partial charge < -0.3 is 15.0 Å². The molecule has 0 unspecified atom stereocenters. The van der Waals surface area contributed by atoms with Gasteiger partial charge in [-0.2, -0.15) is 0 Å². The van der Waals surface area contributed by atoms with Gasteiger partial charge in [0.15, 0.2) is 0 Å². The summed E-state index contributed by atoms with van der Waals surface area (Å²) in [5.41, 5.74) is 0.419. The minimum Gasteiger partial charge on any atom is -0.381 e. The van der Waals surface area contributed by atoms with Gasteiger partial charge in [0.25, 0.3) is 5.91 Å². The zero-order valence-electron chi connectivity index (χ0n) is 25.1. The number of halogens is 1. The standard InChI is InChI=1S/C25H27FN4O4/c26-20-12-16(14-29-8-10-34-11-9-29)4-5-17(20)13-27-21-3-1-2-18-19(21)15-30(25(18)33)22-6-7-23(31)28-24(22)32/h1-5,12,22,27H,6-11,13-15H2,(H,28,31,32)/t22-/m0/s1/i6D2,7D2,15D2,22D. The van der Waals surface area contributed by atoms with E-state index in [0.29, 0.717) is 19.8 Å². The van der Waals surface area contributed by atoms with Crippen LogP contribution in [0.4, 0.5) is 10.1 Å². The van der Waals surface area contributed by atoms with Crippen LogP contribution in [0.3, 0.4) is 0 Å². The molecule has 0 bridgehead atoms. The lowest BCUT2D eigenvalue weighted by atomic mass is 10.0. The van der Waals surface area contributed by atoms with Crippen molar-refractivity contribution in [2.45, 2.75) is 38.4 Å². The number of fused-ring (bicyclic) bond motifs is 1.